The summed E-state index contributed by atoms with van der Waals surface area (Å²) in [5.41, 5.74) is 1.08. The number of alkyl halides is 1. The first-order valence-electron chi connectivity index (χ1n) is 4.60. The Morgan fingerprint density at radius 2 is 2.33 bits per heavy atom. The molecule has 15 heavy (non-hydrogen) atoms. The summed E-state index contributed by atoms with van der Waals surface area (Å²) < 4.78 is -0.192. The lowest BCUT2D eigenvalue weighted by atomic mass is 10.3. The number of aliphatic hydroxyl groups excluding tert-OH is 1. The van der Waals surface area contributed by atoms with E-state index in [4.69, 9.17) is 16.7 Å². The Kier molecular flexibility index (Phi) is 3.22. The molecule has 1 aliphatic heterocycles. The quantitative estimate of drug-likeness (QED) is 0.670. The zero-order chi connectivity index (χ0) is 11.1. The van der Waals surface area contributed by atoms with Crippen LogP contribution >= 0.6 is 39.3 Å². The molecule has 1 aromatic rings. The third-order valence-corrected chi connectivity index (χ3v) is 4.62. The lowest BCUT2D eigenvalue weighted by molar-refractivity contribution is 0.301. The van der Waals surface area contributed by atoms with E-state index in [-0.39, 0.29) is 10.4 Å². The van der Waals surface area contributed by atoms with Crippen molar-refractivity contribution in [2.45, 2.75) is 15.6 Å². The highest BCUT2D eigenvalue weighted by atomic mass is 79.9. The third kappa shape index (κ3) is 2.13. The van der Waals surface area contributed by atoms with Gasteiger partial charge in [-0.05, 0) is 41.1 Å². The maximum absolute atomic E-state index is 9.05. The maximum Gasteiger partial charge on any atom is 0.144 e. The predicted octanol–water partition coefficient (Wildman–Crippen LogP) is 3.31. The molecule has 0 bridgehead atoms. The number of rotatable bonds is 2. The number of halogens is 2. The fraction of sp³-hybridized carbons (Fsp3) is 0.400. The van der Waals surface area contributed by atoms with E-state index in [0.29, 0.717) is 6.54 Å². The van der Waals surface area contributed by atoms with Crippen molar-refractivity contribution in [3.8, 4) is 0 Å². The van der Waals surface area contributed by atoms with Crippen LogP contribution in [0, 0.1) is 0 Å². The Hall–Kier alpha value is 0.1000. The van der Waals surface area contributed by atoms with Gasteiger partial charge in [-0.15, -0.1) is 0 Å². The highest BCUT2D eigenvalue weighted by Gasteiger charge is 2.38. The molecule has 0 spiro atoms. The minimum atomic E-state index is -0.192. The van der Waals surface area contributed by atoms with Gasteiger partial charge in [0.1, 0.15) is 3.78 Å². The van der Waals surface area contributed by atoms with Crippen LogP contribution in [0.4, 0.5) is 5.69 Å². The van der Waals surface area contributed by atoms with E-state index in [1.807, 2.05) is 18.2 Å². The van der Waals surface area contributed by atoms with Gasteiger partial charge in [0.15, 0.2) is 0 Å². The molecule has 1 atom stereocenters. The Labute approximate surface area is 107 Å². The molecule has 0 saturated carbocycles. The Bertz CT molecular complexity index is 386. The molecule has 5 heteroatoms. The van der Waals surface area contributed by atoms with E-state index < -0.39 is 0 Å². The summed E-state index contributed by atoms with van der Waals surface area (Å²) >= 11 is 11.3. The van der Waals surface area contributed by atoms with Crippen LogP contribution in [0.15, 0.2) is 23.1 Å². The van der Waals surface area contributed by atoms with Gasteiger partial charge in [-0.3, -0.25) is 0 Å². The predicted molar refractivity (Wildman–Crippen MR) is 69.1 cm³/mol. The fourth-order valence-corrected chi connectivity index (χ4v) is 3.85. The SMILES string of the molecule is CC1(Br)Sc2ccc(Cl)cc2N1CCO. The van der Waals surface area contributed by atoms with Gasteiger partial charge in [0.05, 0.1) is 12.3 Å². The van der Waals surface area contributed by atoms with Crippen LogP contribution < -0.4 is 4.90 Å². The van der Waals surface area contributed by atoms with Gasteiger partial charge >= 0.3 is 0 Å². The number of nitrogens with zero attached hydrogens (tertiary/aromatic N) is 1. The van der Waals surface area contributed by atoms with Crippen molar-refractivity contribution in [2.75, 3.05) is 18.1 Å². The first-order chi connectivity index (χ1) is 7.04. The van der Waals surface area contributed by atoms with Crippen molar-refractivity contribution < 1.29 is 5.11 Å². The first kappa shape index (κ1) is 11.6. The summed E-state index contributed by atoms with van der Waals surface area (Å²) in [6, 6.07) is 5.84. The molecular weight excluding hydrogens is 298 g/mol. The van der Waals surface area contributed by atoms with Gasteiger partial charge in [0.25, 0.3) is 0 Å². The highest BCUT2D eigenvalue weighted by molar-refractivity contribution is 9.12. The molecule has 2 rings (SSSR count). The summed E-state index contributed by atoms with van der Waals surface area (Å²) in [6.07, 6.45) is 0. The summed E-state index contributed by atoms with van der Waals surface area (Å²) in [6.45, 7) is 2.80. The molecule has 0 fully saturated rings. The topological polar surface area (TPSA) is 23.5 Å². The molecule has 1 N–H and O–H groups in total. The molecule has 0 aromatic heterocycles. The number of hydrogen-bond acceptors (Lipinski definition) is 3. The highest BCUT2D eigenvalue weighted by Crippen LogP contribution is 2.53. The second-order valence-corrected chi connectivity index (χ2v) is 7.40. The molecule has 1 aromatic carbocycles. The number of fused-ring (bicyclic) bond motifs is 1. The van der Waals surface area contributed by atoms with E-state index in [1.165, 1.54) is 4.90 Å². The average Bonchev–Trinajstić information content (AvgIpc) is 2.39. The van der Waals surface area contributed by atoms with Crippen LogP contribution in [0.2, 0.25) is 5.02 Å². The molecule has 1 aliphatic rings. The Morgan fingerprint density at radius 3 is 3.00 bits per heavy atom. The Balaban J connectivity index is 2.42. The number of thioether (sulfide) groups is 1. The standard InChI is InChI=1S/C10H11BrClNOS/c1-10(11)13(4-5-14)8-6-7(12)2-3-9(8)15-10/h2-3,6,14H,4-5H2,1H3. The average molecular weight is 309 g/mol. The summed E-state index contributed by atoms with van der Waals surface area (Å²) in [7, 11) is 0. The van der Waals surface area contributed by atoms with Crippen molar-refractivity contribution in [1.29, 1.82) is 0 Å². The van der Waals surface area contributed by atoms with Gasteiger partial charge in [-0.2, -0.15) is 0 Å². The molecule has 0 saturated heterocycles. The summed E-state index contributed by atoms with van der Waals surface area (Å²) in [4.78, 5) is 3.30. The van der Waals surface area contributed by atoms with Crippen LogP contribution in [0.25, 0.3) is 0 Å². The minimum absolute atomic E-state index is 0.133. The molecule has 1 unspecified atom stereocenters. The van der Waals surface area contributed by atoms with Gasteiger partial charge in [0, 0.05) is 16.5 Å². The van der Waals surface area contributed by atoms with E-state index in [2.05, 4.69) is 27.8 Å². The second-order valence-electron chi connectivity index (χ2n) is 3.46. The lowest BCUT2D eigenvalue weighted by Gasteiger charge is -2.30. The van der Waals surface area contributed by atoms with Gasteiger partial charge in [0.2, 0.25) is 0 Å². The monoisotopic (exact) mass is 307 g/mol. The van der Waals surface area contributed by atoms with E-state index in [9.17, 15) is 0 Å². The second kappa shape index (κ2) is 4.17. The van der Waals surface area contributed by atoms with Crippen molar-refractivity contribution in [2.24, 2.45) is 0 Å². The van der Waals surface area contributed by atoms with Crippen LogP contribution in [0.3, 0.4) is 0 Å². The first-order valence-corrected chi connectivity index (χ1v) is 6.59. The van der Waals surface area contributed by atoms with E-state index in [0.717, 1.165) is 10.7 Å². The number of β-amino-alcohol motifs (C(OH)–C–C–N with tert-alkyl or cyclic N) is 1. The number of hydrogen-bond donors (Lipinski definition) is 1. The molecule has 0 amide bonds. The molecule has 1 heterocycles. The van der Waals surface area contributed by atoms with Gasteiger partial charge in [-0.25, -0.2) is 0 Å². The molecule has 0 radical (unpaired) electrons. The van der Waals surface area contributed by atoms with Gasteiger partial charge in [-0.1, -0.05) is 23.4 Å². The third-order valence-electron chi connectivity index (χ3n) is 2.31. The minimum Gasteiger partial charge on any atom is -0.395 e. The van der Waals surface area contributed by atoms with Crippen molar-refractivity contribution in [3.05, 3.63) is 23.2 Å². The number of aliphatic hydroxyl groups is 1. The normalized spacial score (nSPS) is 24.4. The van der Waals surface area contributed by atoms with E-state index in [1.54, 1.807) is 11.8 Å². The number of anilines is 1. The van der Waals surface area contributed by atoms with E-state index >= 15 is 0 Å². The number of benzene rings is 1. The fourth-order valence-electron chi connectivity index (χ4n) is 1.68. The van der Waals surface area contributed by atoms with Crippen LogP contribution in [-0.4, -0.2) is 22.0 Å². The zero-order valence-corrected chi connectivity index (χ0v) is 11.4. The summed E-state index contributed by atoms with van der Waals surface area (Å²) in [5, 5.41) is 9.77. The van der Waals surface area contributed by atoms with Crippen molar-refractivity contribution >= 4 is 45.0 Å². The molecule has 2 nitrogen and oxygen atoms in total. The molecular formula is C10H11BrClNOS. The lowest BCUT2D eigenvalue weighted by Crippen LogP contribution is -2.37. The van der Waals surface area contributed by atoms with Crippen molar-refractivity contribution in [3.63, 3.8) is 0 Å². The zero-order valence-electron chi connectivity index (χ0n) is 8.20. The van der Waals surface area contributed by atoms with Gasteiger partial charge < -0.3 is 10.0 Å². The van der Waals surface area contributed by atoms with Crippen LogP contribution in [0.5, 0.6) is 0 Å². The van der Waals surface area contributed by atoms with Crippen molar-refractivity contribution in [1.82, 2.24) is 0 Å². The smallest absolute Gasteiger partial charge is 0.144 e. The summed E-state index contributed by atoms with van der Waals surface area (Å²) in [5.74, 6) is 0. The molecule has 82 valence electrons. The van der Waals surface area contributed by atoms with Crippen LogP contribution in [-0.2, 0) is 0 Å². The Morgan fingerprint density at radius 1 is 1.60 bits per heavy atom. The maximum atomic E-state index is 9.05. The largest absolute Gasteiger partial charge is 0.395 e. The van der Waals surface area contributed by atoms with Crippen LogP contribution in [0.1, 0.15) is 6.92 Å². The molecule has 0 aliphatic carbocycles.